The van der Waals surface area contributed by atoms with E-state index in [2.05, 4.69) is 38.8 Å². The summed E-state index contributed by atoms with van der Waals surface area (Å²) in [5.41, 5.74) is 11.6. The number of nitrogens with two attached hydrogens (primary N) is 1. The van der Waals surface area contributed by atoms with Crippen molar-refractivity contribution >= 4 is 12.4 Å². The summed E-state index contributed by atoms with van der Waals surface area (Å²) < 4.78 is 0. The highest BCUT2D eigenvalue weighted by atomic mass is 35.5. The van der Waals surface area contributed by atoms with E-state index in [1.807, 2.05) is 0 Å². The molecule has 1 unspecified atom stereocenters. The summed E-state index contributed by atoms with van der Waals surface area (Å²) in [6, 6.07) is 0. The normalized spacial score (nSPS) is 17.0. The van der Waals surface area contributed by atoms with E-state index in [4.69, 9.17) is 5.73 Å². The van der Waals surface area contributed by atoms with Crippen molar-refractivity contribution in [2.24, 2.45) is 5.73 Å². The molecule has 0 fully saturated rings. The molecule has 166 valence electrons. The molecule has 28 heavy (non-hydrogen) atoms. The van der Waals surface area contributed by atoms with Gasteiger partial charge in [-0.15, -0.1) is 12.4 Å². The number of nitrogens with zero attached hydrogens (tertiary/aromatic N) is 1. The third-order valence-electron chi connectivity index (χ3n) is 6.06. The Bertz CT molecular complexity index is 442. The van der Waals surface area contributed by atoms with E-state index in [1.54, 1.807) is 16.7 Å². The van der Waals surface area contributed by atoms with Crippen LogP contribution in [0.5, 0.6) is 0 Å². The molecular formula is C25H49ClN2. The quantitative estimate of drug-likeness (QED) is 0.259. The number of rotatable bonds is 16. The molecule has 2 nitrogen and oxygen atoms in total. The fourth-order valence-electron chi connectivity index (χ4n) is 4.28. The lowest BCUT2D eigenvalue weighted by atomic mass is 9.85. The van der Waals surface area contributed by atoms with E-state index in [-0.39, 0.29) is 18.6 Å². The Hall–Kier alpha value is -0.470. The van der Waals surface area contributed by atoms with Gasteiger partial charge in [0, 0.05) is 12.7 Å². The summed E-state index contributed by atoms with van der Waals surface area (Å²) in [5, 5.41) is 0. The van der Waals surface area contributed by atoms with Crippen molar-refractivity contribution in [1.29, 1.82) is 0 Å². The average molecular weight is 413 g/mol. The maximum atomic E-state index is 6.73. The third-order valence-corrected chi connectivity index (χ3v) is 6.06. The molecule has 0 saturated heterocycles. The zero-order valence-corrected chi connectivity index (χ0v) is 20.2. The maximum Gasteiger partial charge on any atom is 0.0992 e. The molecule has 1 atom stereocenters. The van der Waals surface area contributed by atoms with Crippen LogP contribution in [0.15, 0.2) is 22.9 Å². The topological polar surface area (TPSA) is 29.3 Å². The smallest absolute Gasteiger partial charge is 0.0992 e. The minimum atomic E-state index is 0. The molecule has 0 amide bonds. The number of likely N-dealkylation sites (N-methyl/N-ethyl adjacent to an activating group) is 1. The van der Waals surface area contributed by atoms with E-state index in [9.17, 15) is 0 Å². The average Bonchev–Trinajstić information content (AvgIpc) is 2.68. The molecule has 0 bridgehead atoms. The summed E-state index contributed by atoms with van der Waals surface area (Å²) in [4.78, 5) is 2.39. The molecule has 0 aromatic rings. The van der Waals surface area contributed by atoms with Crippen molar-refractivity contribution < 1.29 is 0 Å². The molecule has 0 radical (unpaired) electrons. The van der Waals surface area contributed by atoms with E-state index in [0.717, 1.165) is 6.54 Å². The highest BCUT2D eigenvalue weighted by molar-refractivity contribution is 5.85. The van der Waals surface area contributed by atoms with E-state index in [0.29, 0.717) is 0 Å². The van der Waals surface area contributed by atoms with Crippen LogP contribution in [0.2, 0.25) is 0 Å². The van der Waals surface area contributed by atoms with Gasteiger partial charge in [0.1, 0.15) is 0 Å². The summed E-state index contributed by atoms with van der Waals surface area (Å²) in [6.07, 6.45) is 22.2. The second-order valence-electron chi connectivity index (χ2n) is 8.37. The first kappa shape index (κ1) is 27.5. The van der Waals surface area contributed by atoms with Gasteiger partial charge in [-0.2, -0.15) is 0 Å². The Labute approximate surface area is 182 Å². The predicted octanol–water partition coefficient (Wildman–Crippen LogP) is 8.12. The lowest BCUT2D eigenvalue weighted by Crippen LogP contribution is -2.43. The minimum absolute atomic E-state index is 0. The largest absolute Gasteiger partial charge is 0.359 e. The molecule has 2 N–H and O–H groups in total. The minimum Gasteiger partial charge on any atom is -0.359 e. The van der Waals surface area contributed by atoms with Gasteiger partial charge in [0.25, 0.3) is 0 Å². The Balaban J connectivity index is 0.00000729. The highest BCUT2D eigenvalue weighted by Gasteiger charge is 2.25. The first-order chi connectivity index (χ1) is 13.2. The van der Waals surface area contributed by atoms with Crippen molar-refractivity contribution in [2.45, 2.75) is 130 Å². The first-order valence-corrected chi connectivity index (χ1v) is 12.1. The molecule has 1 rings (SSSR count). The molecule has 1 heterocycles. The lowest BCUT2D eigenvalue weighted by molar-refractivity contribution is 0.309. The van der Waals surface area contributed by atoms with Crippen molar-refractivity contribution in [3.63, 3.8) is 0 Å². The molecule has 1 aliphatic heterocycles. The van der Waals surface area contributed by atoms with E-state index >= 15 is 0 Å². The van der Waals surface area contributed by atoms with E-state index in [1.165, 1.54) is 96.3 Å². The highest BCUT2D eigenvalue weighted by Crippen LogP contribution is 2.35. The van der Waals surface area contributed by atoms with Crippen molar-refractivity contribution in [3.8, 4) is 0 Å². The Morgan fingerprint density at radius 1 is 0.714 bits per heavy atom. The van der Waals surface area contributed by atoms with Crippen molar-refractivity contribution in [1.82, 2.24) is 4.90 Å². The lowest BCUT2D eigenvalue weighted by Gasteiger charge is -2.37. The van der Waals surface area contributed by atoms with Crippen LogP contribution in [0.3, 0.4) is 0 Å². The number of hydrogen-bond acceptors (Lipinski definition) is 2. The van der Waals surface area contributed by atoms with Crippen LogP contribution in [0.4, 0.5) is 0 Å². The standard InChI is InChI=1S/C25H48N2.ClH/c1-5-9-12-15-18-22-21-27(8-4)25(26)24(20-17-14-11-7-3)23(22)19-16-13-10-6-2;/h21,25H,5-20,26H2,1-4H3;1H. The molecule has 0 aromatic carbocycles. The second-order valence-corrected chi connectivity index (χ2v) is 8.37. The molecule has 1 aliphatic rings. The van der Waals surface area contributed by atoms with Crippen molar-refractivity contribution in [2.75, 3.05) is 6.54 Å². The molecule has 3 heteroatoms. The summed E-state index contributed by atoms with van der Waals surface area (Å²) in [5.74, 6) is 0. The van der Waals surface area contributed by atoms with Gasteiger partial charge in [0.15, 0.2) is 0 Å². The van der Waals surface area contributed by atoms with Crippen molar-refractivity contribution in [3.05, 3.63) is 22.9 Å². The van der Waals surface area contributed by atoms with Crippen LogP contribution in [0.1, 0.15) is 124 Å². The fraction of sp³-hybridized carbons (Fsp3) is 0.840. The van der Waals surface area contributed by atoms with Gasteiger partial charge in [0.05, 0.1) is 6.17 Å². The number of hydrogen-bond donors (Lipinski definition) is 1. The van der Waals surface area contributed by atoms with Gasteiger partial charge < -0.3 is 10.6 Å². The zero-order valence-electron chi connectivity index (χ0n) is 19.4. The van der Waals surface area contributed by atoms with Crippen LogP contribution in [0.25, 0.3) is 0 Å². The Morgan fingerprint density at radius 2 is 1.21 bits per heavy atom. The van der Waals surface area contributed by atoms with Gasteiger partial charge in [-0.05, 0) is 62.2 Å². The number of allylic oxidation sites excluding steroid dienone is 2. The second kappa shape index (κ2) is 17.4. The number of unbranched alkanes of at least 4 members (excludes halogenated alkanes) is 9. The van der Waals surface area contributed by atoms with Gasteiger partial charge in [-0.3, -0.25) is 0 Å². The van der Waals surface area contributed by atoms with Crippen LogP contribution >= 0.6 is 12.4 Å². The monoisotopic (exact) mass is 412 g/mol. The summed E-state index contributed by atoms with van der Waals surface area (Å²) in [7, 11) is 0. The molecule has 0 aliphatic carbocycles. The van der Waals surface area contributed by atoms with Gasteiger partial charge >= 0.3 is 0 Å². The van der Waals surface area contributed by atoms with Gasteiger partial charge in [0.2, 0.25) is 0 Å². The predicted molar refractivity (Wildman–Crippen MR) is 129 cm³/mol. The number of halogens is 1. The van der Waals surface area contributed by atoms with Crippen LogP contribution in [-0.2, 0) is 0 Å². The van der Waals surface area contributed by atoms with Gasteiger partial charge in [-0.1, -0.05) is 78.6 Å². The maximum absolute atomic E-state index is 6.73. The first-order valence-electron chi connectivity index (χ1n) is 12.1. The zero-order chi connectivity index (χ0) is 19.9. The SMILES string of the molecule is CCCCCCC1=CN(CC)C(N)C(CCCCCC)=C1CCCCCC.Cl. The molecule has 0 spiro atoms. The van der Waals surface area contributed by atoms with Gasteiger partial charge in [-0.25, -0.2) is 0 Å². The Morgan fingerprint density at radius 3 is 1.71 bits per heavy atom. The Kier molecular flexibility index (Phi) is 17.1. The van der Waals surface area contributed by atoms with E-state index < -0.39 is 0 Å². The fourth-order valence-corrected chi connectivity index (χ4v) is 4.28. The summed E-state index contributed by atoms with van der Waals surface area (Å²) >= 11 is 0. The molecular weight excluding hydrogens is 364 g/mol. The molecule has 0 saturated carbocycles. The van der Waals surface area contributed by atoms with Crippen LogP contribution in [0, 0.1) is 0 Å². The van der Waals surface area contributed by atoms with Crippen LogP contribution in [-0.4, -0.2) is 17.6 Å². The van der Waals surface area contributed by atoms with Crippen LogP contribution < -0.4 is 5.73 Å². The summed E-state index contributed by atoms with van der Waals surface area (Å²) in [6.45, 7) is 10.1. The third kappa shape index (κ3) is 9.83. The molecule has 0 aromatic heterocycles.